The summed E-state index contributed by atoms with van der Waals surface area (Å²) in [6, 6.07) is 7.12. The van der Waals surface area contributed by atoms with Crippen LogP contribution in [-0.4, -0.2) is 40.0 Å². The van der Waals surface area contributed by atoms with Gasteiger partial charge in [-0.25, -0.2) is 0 Å². The Morgan fingerprint density at radius 1 is 1.07 bits per heavy atom. The number of hydrogen-bond acceptors (Lipinski definition) is 7. The highest BCUT2D eigenvalue weighted by atomic mass is 16.7. The Kier molecular flexibility index (Phi) is 4.55. The summed E-state index contributed by atoms with van der Waals surface area (Å²) in [7, 11) is 4.64. The molecule has 2 atom stereocenters. The fraction of sp³-hybridized carbons (Fsp3) is 0.348. The number of Topliss-reactive ketones (excluding diaryl/α,β-unsaturated/α-hetero) is 1. The average molecular weight is 410 g/mol. The van der Waals surface area contributed by atoms with Gasteiger partial charge in [-0.15, -0.1) is 0 Å². The summed E-state index contributed by atoms with van der Waals surface area (Å²) in [6.07, 6.45) is 3.19. The number of benzene rings is 2. The molecule has 7 heteroatoms. The van der Waals surface area contributed by atoms with E-state index in [1.807, 2.05) is 6.07 Å². The van der Waals surface area contributed by atoms with Crippen molar-refractivity contribution in [3.8, 4) is 28.7 Å². The molecule has 2 aromatic rings. The molecule has 3 aliphatic heterocycles. The van der Waals surface area contributed by atoms with Crippen molar-refractivity contribution in [2.75, 3.05) is 27.9 Å². The van der Waals surface area contributed by atoms with Crippen molar-refractivity contribution < 1.29 is 33.2 Å². The molecule has 0 saturated carbocycles. The molecule has 7 nitrogen and oxygen atoms in total. The molecule has 1 fully saturated rings. The van der Waals surface area contributed by atoms with E-state index in [0.717, 1.165) is 24.2 Å². The normalized spacial score (nSPS) is 22.6. The van der Waals surface area contributed by atoms with Gasteiger partial charge in [-0.05, 0) is 48.7 Å². The topological polar surface area (TPSA) is 72.5 Å². The van der Waals surface area contributed by atoms with Crippen molar-refractivity contribution in [1.29, 1.82) is 0 Å². The van der Waals surface area contributed by atoms with Gasteiger partial charge < -0.3 is 28.4 Å². The number of carbonyl (C=O) groups is 1. The highest BCUT2D eigenvalue weighted by Crippen LogP contribution is 2.46. The Balaban J connectivity index is 1.51. The van der Waals surface area contributed by atoms with Crippen LogP contribution in [0.2, 0.25) is 0 Å². The van der Waals surface area contributed by atoms with Crippen molar-refractivity contribution in [3.63, 3.8) is 0 Å². The van der Waals surface area contributed by atoms with Crippen LogP contribution in [0.4, 0.5) is 0 Å². The number of ketones is 1. The van der Waals surface area contributed by atoms with Crippen LogP contribution in [0.15, 0.2) is 30.0 Å². The van der Waals surface area contributed by atoms with Crippen LogP contribution in [0.1, 0.15) is 27.9 Å². The molecule has 0 aliphatic carbocycles. The molecule has 30 heavy (non-hydrogen) atoms. The lowest BCUT2D eigenvalue weighted by atomic mass is 9.92. The molecule has 0 radical (unpaired) electrons. The largest absolute Gasteiger partial charge is 0.493 e. The molecule has 0 bridgehead atoms. The molecule has 0 spiro atoms. The lowest BCUT2D eigenvalue weighted by molar-refractivity contribution is -0.0700. The number of ether oxygens (including phenoxy) is 6. The molecule has 5 rings (SSSR count). The summed E-state index contributed by atoms with van der Waals surface area (Å²) in [6.45, 7) is 0.692. The first kappa shape index (κ1) is 18.8. The number of allylic oxidation sites excluding steroid dienone is 1. The third kappa shape index (κ3) is 2.89. The van der Waals surface area contributed by atoms with Gasteiger partial charge in [0, 0.05) is 11.5 Å². The Hall–Kier alpha value is -3.19. The van der Waals surface area contributed by atoms with E-state index >= 15 is 0 Å². The third-order valence-electron chi connectivity index (χ3n) is 5.75. The zero-order valence-corrected chi connectivity index (χ0v) is 17.0. The van der Waals surface area contributed by atoms with E-state index in [4.69, 9.17) is 28.4 Å². The van der Waals surface area contributed by atoms with Crippen molar-refractivity contribution in [2.24, 2.45) is 5.92 Å². The quantitative estimate of drug-likeness (QED) is 0.713. The second kappa shape index (κ2) is 7.25. The van der Waals surface area contributed by atoms with E-state index in [1.165, 1.54) is 0 Å². The highest BCUT2D eigenvalue weighted by molar-refractivity contribution is 6.15. The van der Waals surface area contributed by atoms with Gasteiger partial charge in [0.25, 0.3) is 0 Å². The maximum atomic E-state index is 13.0. The first-order chi connectivity index (χ1) is 14.6. The smallest absolute Gasteiger partial charge is 0.231 e. The minimum Gasteiger partial charge on any atom is -0.493 e. The first-order valence-corrected chi connectivity index (χ1v) is 9.81. The third-order valence-corrected chi connectivity index (χ3v) is 5.75. The number of rotatable bonds is 4. The van der Waals surface area contributed by atoms with E-state index < -0.39 is 0 Å². The van der Waals surface area contributed by atoms with Crippen LogP contribution in [0.3, 0.4) is 0 Å². The van der Waals surface area contributed by atoms with Gasteiger partial charge in [-0.2, -0.15) is 0 Å². The summed E-state index contributed by atoms with van der Waals surface area (Å²) in [5.74, 6) is 3.17. The second-order valence-corrected chi connectivity index (χ2v) is 7.43. The molecular weight excluding hydrogens is 388 g/mol. The molecule has 2 aromatic carbocycles. The number of fused-ring (bicyclic) bond motifs is 4. The molecule has 2 unspecified atom stereocenters. The minimum atomic E-state index is -0.207. The maximum absolute atomic E-state index is 13.0. The molecule has 156 valence electrons. The standard InChI is InChI=1S/C23H22O7/c1-25-18-9-12(10-19(26-2)22(18)27-3)8-17-20(24)14-4-5-16-15(21(14)29-17)11-13-6-7-28-23(13)30-16/h4-5,8-10,13,23H,6-7,11H2,1-3H3/b17-8-. The fourth-order valence-electron chi connectivity index (χ4n) is 4.25. The fourth-order valence-corrected chi connectivity index (χ4v) is 4.25. The van der Waals surface area contributed by atoms with Crippen LogP contribution >= 0.6 is 0 Å². The number of hydrogen-bond donors (Lipinski definition) is 0. The van der Waals surface area contributed by atoms with Gasteiger partial charge in [0.1, 0.15) is 11.5 Å². The molecule has 1 saturated heterocycles. The predicted molar refractivity (Wildman–Crippen MR) is 108 cm³/mol. The monoisotopic (exact) mass is 410 g/mol. The first-order valence-electron chi connectivity index (χ1n) is 9.81. The molecule has 0 aromatic heterocycles. The lowest BCUT2D eigenvalue weighted by Gasteiger charge is -2.28. The summed E-state index contributed by atoms with van der Waals surface area (Å²) in [5, 5.41) is 0. The molecular formula is C23H22O7. The van der Waals surface area contributed by atoms with Crippen molar-refractivity contribution in [3.05, 3.63) is 46.7 Å². The summed E-state index contributed by atoms with van der Waals surface area (Å²) in [5.41, 5.74) is 2.18. The SMILES string of the molecule is COc1cc(/C=C2\Oc3c(ccc4c3CC3CCOC3O4)C2=O)cc(OC)c1OC. The van der Waals surface area contributed by atoms with Crippen molar-refractivity contribution >= 4 is 11.9 Å². The minimum absolute atomic E-state index is 0.161. The second-order valence-electron chi connectivity index (χ2n) is 7.43. The zero-order valence-electron chi connectivity index (χ0n) is 17.0. The Labute approximate surface area is 174 Å². The van der Waals surface area contributed by atoms with E-state index in [-0.39, 0.29) is 23.8 Å². The van der Waals surface area contributed by atoms with Gasteiger partial charge >= 0.3 is 0 Å². The molecule has 3 aliphatic rings. The van der Waals surface area contributed by atoms with E-state index in [1.54, 1.807) is 45.6 Å². The van der Waals surface area contributed by atoms with E-state index in [2.05, 4.69) is 0 Å². The van der Waals surface area contributed by atoms with Crippen molar-refractivity contribution in [2.45, 2.75) is 19.1 Å². The van der Waals surface area contributed by atoms with Crippen LogP contribution in [0.5, 0.6) is 28.7 Å². The average Bonchev–Trinajstić information content (AvgIpc) is 3.35. The Bertz CT molecular complexity index is 1030. The molecule has 3 heterocycles. The van der Waals surface area contributed by atoms with Crippen molar-refractivity contribution in [1.82, 2.24) is 0 Å². The number of carbonyl (C=O) groups excluding carboxylic acids is 1. The van der Waals surface area contributed by atoms with Crippen LogP contribution < -0.4 is 23.7 Å². The van der Waals surface area contributed by atoms with Gasteiger partial charge in [0.15, 0.2) is 17.3 Å². The Morgan fingerprint density at radius 3 is 2.53 bits per heavy atom. The molecule has 0 amide bonds. The summed E-state index contributed by atoms with van der Waals surface area (Å²) < 4.78 is 33.8. The molecule has 0 N–H and O–H groups in total. The predicted octanol–water partition coefficient (Wildman–Crippen LogP) is 3.63. The number of methoxy groups -OCH3 is 3. The van der Waals surface area contributed by atoms with Gasteiger partial charge in [0.05, 0.1) is 33.5 Å². The highest BCUT2D eigenvalue weighted by Gasteiger charge is 2.40. The van der Waals surface area contributed by atoms with Gasteiger partial charge in [-0.3, -0.25) is 4.79 Å². The van der Waals surface area contributed by atoms with Crippen LogP contribution in [0, 0.1) is 5.92 Å². The van der Waals surface area contributed by atoms with Crippen LogP contribution in [0.25, 0.3) is 6.08 Å². The maximum Gasteiger partial charge on any atom is 0.231 e. The lowest BCUT2D eigenvalue weighted by Crippen LogP contribution is -2.29. The Morgan fingerprint density at radius 2 is 1.83 bits per heavy atom. The summed E-state index contributed by atoms with van der Waals surface area (Å²) >= 11 is 0. The van der Waals surface area contributed by atoms with E-state index in [9.17, 15) is 4.79 Å². The van der Waals surface area contributed by atoms with Gasteiger partial charge in [0.2, 0.25) is 17.8 Å². The van der Waals surface area contributed by atoms with Crippen LogP contribution in [-0.2, 0) is 11.2 Å². The zero-order chi connectivity index (χ0) is 20.8. The summed E-state index contributed by atoms with van der Waals surface area (Å²) in [4.78, 5) is 13.0. The van der Waals surface area contributed by atoms with E-state index in [0.29, 0.717) is 40.7 Å². The van der Waals surface area contributed by atoms with Gasteiger partial charge in [-0.1, -0.05) is 0 Å².